The van der Waals surface area contributed by atoms with Gasteiger partial charge in [-0.25, -0.2) is 13.4 Å². The molecule has 1 amide bonds. The minimum Gasteiger partial charge on any atom is -0.379 e. The third-order valence-electron chi connectivity index (χ3n) is 5.08. The van der Waals surface area contributed by atoms with Crippen LogP contribution in [0.4, 0.5) is 0 Å². The average molecular weight is 414 g/mol. The number of hydrogen-bond donors (Lipinski definition) is 0. The maximum atomic E-state index is 12.6. The molecule has 1 aromatic rings. The minimum atomic E-state index is -3.53. The van der Waals surface area contributed by atoms with Crippen molar-refractivity contribution in [2.75, 3.05) is 38.6 Å². The number of nitrogens with zero attached hydrogens (tertiary/aromatic N) is 3. The molecule has 1 aromatic heterocycles. The zero-order valence-electron chi connectivity index (χ0n) is 15.7. The van der Waals surface area contributed by atoms with Gasteiger partial charge in [-0.15, -0.1) is 0 Å². The number of pyridine rings is 1. The Morgan fingerprint density at radius 3 is 2.70 bits per heavy atom. The number of likely N-dealkylation sites (tertiary alicyclic amines) is 1. The summed E-state index contributed by atoms with van der Waals surface area (Å²) in [5.41, 5.74) is 0. The van der Waals surface area contributed by atoms with Crippen LogP contribution in [0.5, 0.6) is 0 Å². The summed E-state index contributed by atoms with van der Waals surface area (Å²) in [4.78, 5) is 19.0. The van der Waals surface area contributed by atoms with Gasteiger partial charge in [0.1, 0.15) is 4.90 Å². The molecular weight excluding hydrogens is 386 g/mol. The van der Waals surface area contributed by atoms with E-state index < -0.39 is 10.0 Å². The van der Waals surface area contributed by atoms with E-state index >= 15 is 0 Å². The van der Waals surface area contributed by atoms with Gasteiger partial charge >= 0.3 is 0 Å². The molecule has 0 bridgehead atoms. The smallest absolute Gasteiger partial charge is 0.244 e. The van der Waals surface area contributed by atoms with Crippen molar-refractivity contribution in [3.05, 3.63) is 18.3 Å². The van der Waals surface area contributed by atoms with E-state index in [0.717, 1.165) is 25.8 Å². The van der Waals surface area contributed by atoms with Crippen molar-refractivity contribution in [2.24, 2.45) is 0 Å². The summed E-state index contributed by atoms with van der Waals surface area (Å²) in [6.45, 7) is 4.51. The van der Waals surface area contributed by atoms with Crippen LogP contribution in [0, 0.1) is 0 Å². The Hall–Kier alpha value is -1.16. The lowest BCUT2D eigenvalue weighted by atomic mass is 10.0. The number of hydrogen-bond acceptors (Lipinski definition) is 6. The fourth-order valence-electron chi connectivity index (χ4n) is 3.51. The molecule has 9 heteroatoms. The van der Waals surface area contributed by atoms with Gasteiger partial charge in [0.2, 0.25) is 15.9 Å². The SMILES string of the molecule is CC[C@H]1CCCCN1C(=O)CSc1ccc(S(=O)(=O)N2CCOCC2)cn1. The van der Waals surface area contributed by atoms with E-state index in [4.69, 9.17) is 4.74 Å². The minimum absolute atomic E-state index is 0.137. The Morgan fingerprint density at radius 2 is 2.04 bits per heavy atom. The number of morpholine rings is 1. The fourth-order valence-corrected chi connectivity index (χ4v) is 5.60. The van der Waals surface area contributed by atoms with Crippen LogP contribution in [-0.4, -0.2) is 73.2 Å². The highest BCUT2D eigenvalue weighted by atomic mass is 32.2. The quantitative estimate of drug-likeness (QED) is 0.664. The van der Waals surface area contributed by atoms with Crippen molar-refractivity contribution in [1.29, 1.82) is 0 Å². The number of ether oxygens (including phenoxy) is 1. The second kappa shape index (κ2) is 9.36. The molecule has 0 aliphatic carbocycles. The van der Waals surface area contributed by atoms with Gasteiger partial charge in [-0.3, -0.25) is 4.79 Å². The fraction of sp³-hybridized carbons (Fsp3) is 0.667. The highest BCUT2D eigenvalue weighted by Crippen LogP contribution is 2.24. The van der Waals surface area contributed by atoms with Crippen LogP contribution in [-0.2, 0) is 19.6 Å². The van der Waals surface area contributed by atoms with E-state index in [9.17, 15) is 13.2 Å². The van der Waals surface area contributed by atoms with Gasteiger partial charge in [0.25, 0.3) is 0 Å². The molecule has 0 saturated carbocycles. The van der Waals surface area contributed by atoms with E-state index in [1.807, 2.05) is 4.90 Å². The largest absolute Gasteiger partial charge is 0.379 e. The molecule has 0 aromatic carbocycles. The predicted octanol–water partition coefficient (Wildman–Crippen LogP) is 1.99. The van der Waals surface area contributed by atoms with Crippen molar-refractivity contribution in [3.63, 3.8) is 0 Å². The lowest BCUT2D eigenvalue weighted by molar-refractivity contribution is -0.132. The molecule has 2 aliphatic rings. The standard InChI is InChI=1S/C18H27N3O4S2/c1-2-15-5-3-4-8-21(15)18(22)14-26-17-7-6-16(13-19-17)27(23,24)20-9-11-25-12-10-20/h6-7,13,15H,2-5,8-12,14H2,1H3/t15-/m0/s1. The van der Waals surface area contributed by atoms with E-state index in [0.29, 0.717) is 43.1 Å². The van der Waals surface area contributed by atoms with E-state index in [-0.39, 0.29) is 10.8 Å². The summed E-state index contributed by atoms with van der Waals surface area (Å²) in [6, 6.07) is 3.60. The lowest BCUT2D eigenvalue weighted by Gasteiger charge is -2.35. The zero-order valence-corrected chi connectivity index (χ0v) is 17.3. The topological polar surface area (TPSA) is 79.8 Å². The Balaban J connectivity index is 1.58. The van der Waals surface area contributed by atoms with Gasteiger partial charge in [0, 0.05) is 31.9 Å². The molecule has 3 rings (SSSR count). The first-order valence-electron chi connectivity index (χ1n) is 9.48. The first kappa shape index (κ1) is 20.6. The molecule has 0 N–H and O–H groups in total. The Labute approximate surface area is 165 Å². The molecule has 1 atom stereocenters. The predicted molar refractivity (Wildman–Crippen MR) is 104 cm³/mol. The van der Waals surface area contributed by atoms with Gasteiger partial charge in [-0.05, 0) is 37.8 Å². The van der Waals surface area contributed by atoms with Crippen molar-refractivity contribution < 1.29 is 17.9 Å². The summed E-state index contributed by atoms with van der Waals surface area (Å²) < 4.78 is 31.8. The van der Waals surface area contributed by atoms with Crippen molar-refractivity contribution in [3.8, 4) is 0 Å². The molecule has 27 heavy (non-hydrogen) atoms. The molecule has 0 unspecified atom stereocenters. The number of carbonyl (C=O) groups is 1. The van der Waals surface area contributed by atoms with Crippen LogP contribution in [0.1, 0.15) is 32.6 Å². The summed E-state index contributed by atoms with van der Waals surface area (Å²) in [6.07, 6.45) is 5.71. The van der Waals surface area contributed by atoms with Crippen molar-refractivity contribution in [1.82, 2.24) is 14.2 Å². The van der Waals surface area contributed by atoms with Crippen LogP contribution < -0.4 is 0 Å². The normalized spacial score (nSPS) is 22.0. The van der Waals surface area contributed by atoms with Gasteiger partial charge in [-0.2, -0.15) is 4.31 Å². The molecular formula is C18H27N3O4S2. The van der Waals surface area contributed by atoms with Gasteiger partial charge in [-0.1, -0.05) is 18.7 Å². The van der Waals surface area contributed by atoms with Gasteiger partial charge in [0.05, 0.1) is 24.0 Å². The van der Waals surface area contributed by atoms with Gasteiger partial charge < -0.3 is 9.64 Å². The van der Waals surface area contributed by atoms with Crippen molar-refractivity contribution in [2.45, 2.75) is 48.6 Å². The number of carbonyl (C=O) groups excluding carboxylic acids is 1. The molecule has 0 spiro atoms. The third kappa shape index (κ3) is 5.01. The van der Waals surface area contributed by atoms with E-state index in [2.05, 4.69) is 11.9 Å². The van der Waals surface area contributed by atoms with Crippen molar-refractivity contribution >= 4 is 27.7 Å². The number of piperidine rings is 1. The molecule has 7 nitrogen and oxygen atoms in total. The monoisotopic (exact) mass is 413 g/mol. The second-order valence-corrected chi connectivity index (χ2v) is 9.72. The van der Waals surface area contributed by atoms with Crippen LogP contribution in [0.2, 0.25) is 0 Å². The van der Waals surface area contributed by atoms with Crippen LogP contribution in [0.25, 0.3) is 0 Å². The Bertz CT molecular complexity index is 733. The molecule has 150 valence electrons. The summed E-state index contributed by atoms with van der Waals surface area (Å²) >= 11 is 1.36. The first-order chi connectivity index (χ1) is 13.0. The molecule has 2 saturated heterocycles. The average Bonchev–Trinajstić information content (AvgIpc) is 2.73. The maximum Gasteiger partial charge on any atom is 0.244 e. The Morgan fingerprint density at radius 1 is 1.26 bits per heavy atom. The number of rotatable bonds is 6. The summed E-state index contributed by atoms with van der Waals surface area (Å²) in [5, 5.41) is 0.661. The Kier molecular flexibility index (Phi) is 7.13. The summed E-state index contributed by atoms with van der Waals surface area (Å²) in [5.74, 6) is 0.470. The lowest BCUT2D eigenvalue weighted by Crippen LogP contribution is -2.44. The molecule has 3 heterocycles. The highest BCUT2D eigenvalue weighted by molar-refractivity contribution is 7.99. The number of amides is 1. The zero-order chi connectivity index (χ0) is 19.3. The molecule has 0 radical (unpaired) electrons. The summed E-state index contributed by atoms with van der Waals surface area (Å²) in [7, 11) is -3.53. The van der Waals surface area contributed by atoms with Crippen LogP contribution in [0.15, 0.2) is 28.3 Å². The van der Waals surface area contributed by atoms with Crippen LogP contribution in [0.3, 0.4) is 0 Å². The van der Waals surface area contributed by atoms with E-state index in [1.54, 1.807) is 12.1 Å². The molecule has 2 aliphatic heterocycles. The third-order valence-corrected chi connectivity index (χ3v) is 7.89. The number of aromatic nitrogens is 1. The first-order valence-corrected chi connectivity index (χ1v) is 11.9. The van der Waals surface area contributed by atoms with Gasteiger partial charge in [0.15, 0.2) is 0 Å². The number of sulfonamides is 1. The van der Waals surface area contributed by atoms with E-state index in [1.165, 1.54) is 28.7 Å². The highest BCUT2D eigenvalue weighted by Gasteiger charge is 2.27. The maximum absolute atomic E-state index is 12.6. The molecule has 2 fully saturated rings. The number of thioether (sulfide) groups is 1. The second-order valence-electron chi connectivity index (χ2n) is 6.78. The van der Waals surface area contributed by atoms with Crippen LogP contribution >= 0.6 is 11.8 Å².